The molecule has 2 aromatic carbocycles. The summed E-state index contributed by atoms with van der Waals surface area (Å²) in [6, 6.07) is 17.3. The van der Waals surface area contributed by atoms with Crippen LogP contribution >= 0.6 is 11.9 Å². The molecular weight excluding hydrogens is 412 g/mol. The van der Waals surface area contributed by atoms with Gasteiger partial charge in [0.2, 0.25) is 5.91 Å². The van der Waals surface area contributed by atoms with E-state index in [1.165, 1.54) is 34.8 Å². The average molecular weight is 445 g/mol. The monoisotopic (exact) mass is 444 g/mol. The molecule has 1 aliphatic rings. The van der Waals surface area contributed by atoms with Crippen LogP contribution in [-0.4, -0.2) is 34.1 Å². The van der Waals surface area contributed by atoms with E-state index < -0.39 is 6.10 Å². The summed E-state index contributed by atoms with van der Waals surface area (Å²) in [6.45, 7) is 2.33. The first-order chi connectivity index (χ1) is 15.0. The van der Waals surface area contributed by atoms with Gasteiger partial charge in [0.1, 0.15) is 5.69 Å². The van der Waals surface area contributed by atoms with Gasteiger partial charge in [0.25, 0.3) is 0 Å². The van der Waals surface area contributed by atoms with E-state index in [9.17, 15) is 14.8 Å². The molecule has 1 atom stereocenters. The van der Waals surface area contributed by atoms with Gasteiger partial charge in [0.15, 0.2) is 0 Å². The normalized spacial score (nSPS) is 14.6. The number of hydrazine groups is 1. The molecule has 3 rings (SSSR count). The molecule has 0 radical (unpaired) electrons. The third-order valence-corrected chi connectivity index (χ3v) is 5.79. The minimum atomic E-state index is -0.673. The third-order valence-electron chi connectivity index (χ3n) is 4.92. The fourth-order valence-electron chi connectivity index (χ4n) is 3.24. The van der Waals surface area contributed by atoms with Crippen molar-refractivity contribution in [3.63, 3.8) is 0 Å². The van der Waals surface area contributed by atoms with Gasteiger partial charge in [-0.25, -0.2) is 0 Å². The van der Waals surface area contributed by atoms with Crippen LogP contribution in [-0.2, 0) is 4.79 Å². The van der Waals surface area contributed by atoms with E-state index in [1.54, 1.807) is 24.3 Å². The predicted octanol–water partition coefficient (Wildman–Crippen LogP) is 4.46. The Balaban J connectivity index is 0.000000412. The highest BCUT2D eigenvalue weighted by atomic mass is 32.2. The predicted molar refractivity (Wildman–Crippen MR) is 125 cm³/mol. The number of hydrogen-bond donors (Lipinski definition) is 3. The summed E-state index contributed by atoms with van der Waals surface area (Å²) < 4.78 is 1.42. The quantitative estimate of drug-likeness (QED) is 0.228. The Morgan fingerprint density at radius 1 is 1.19 bits per heavy atom. The highest BCUT2D eigenvalue weighted by molar-refractivity contribution is 7.97. The van der Waals surface area contributed by atoms with Crippen molar-refractivity contribution in [2.45, 2.75) is 62.5 Å². The van der Waals surface area contributed by atoms with Crippen LogP contribution < -0.4 is 11.2 Å². The Bertz CT molecular complexity index is 783. The van der Waals surface area contributed by atoms with E-state index in [4.69, 9.17) is 5.84 Å². The van der Waals surface area contributed by atoms with E-state index in [0.29, 0.717) is 24.6 Å². The first kappa shape index (κ1) is 25.0. The molecule has 31 heavy (non-hydrogen) atoms. The molecule has 4 N–H and O–H groups in total. The molecule has 7 nitrogen and oxygen atoms in total. The number of nitrogens with two attached hydrogens (primary N) is 1. The van der Waals surface area contributed by atoms with Crippen molar-refractivity contribution in [1.82, 2.24) is 9.73 Å². The molecule has 1 saturated carbocycles. The molecule has 168 valence electrons. The number of carbonyl (C=O) groups is 1. The third kappa shape index (κ3) is 10.5. The van der Waals surface area contributed by atoms with Crippen LogP contribution in [0.25, 0.3) is 0 Å². The molecule has 0 bridgehead atoms. The molecule has 8 heteroatoms. The second kappa shape index (κ2) is 13.9. The van der Waals surface area contributed by atoms with E-state index >= 15 is 0 Å². The molecule has 0 heterocycles. The van der Waals surface area contributed by atoms with Crippen molar-refractivity contribution in [2.24, 2.45) is 11.0 Å². The van der Waals surface area contributed by atoms with Crippen LogP contribution in [0.4, 0.5) is 5.69 Å². The van der Waals surface area contributed by atoms with Gasteiger partial charge in [-0.05, 0) is 67.6 Å². The summed E-state index contributed by atoms with van der Waals surface area (Å²) >= 11 is 1.26. The number of hydrogen-bond acceptors (Lipinski definition) is 7. The maximum Gasteiger partial charge on any atom is 0.220 e. The van der Waals surface area contributed by atoms with Crippen molar-refractivity contribution in [1.29, 1.82) is 0 Å². The van der Waals surface area contributed by atoms with Gasteiger partial charge in [0.05, 0.1) is 12.6 Å². The fourth-order valence-corrected chi connectivity index (χ4v) is 4.02. The van der Waals surface area contributed by atoms with E-state index in [2.05, 4.69) is 29.6 Å². The van der Waals surface area contributed by atoms with Crippen LogP contribution in [0, 0.1) is 11.8 Å². The molecule has 1 amide bonds. The smallest absolute Gasteiger partial charge is 0.220 e. The van der Waals surface area contributed by atoms with Gasteiger partial charge >= 0.3 is 0 Å². The number of nitrogens with one attached hydrogen (secondary N) is 1. The summed E-state index contributed by atoms with van der Waals surface area (Å²) in [5, 5.41) is 15.9. The topological polar surface area (TPSA) is 108 Å². The fraction of sp³-hybridized carbons (Fsp3) is 0.435. The number of aryl methyl sites for hydroxylation is 1. The first-order valence-corrected chi connectivity index (χ1v) is 11.4. The Kier molecular flexibility index (Phi) is 11.2. The summed E-state index contributed by atoms with van der Waals surface area (Å²) in [4.78, 5) is 23.0. The lowest BCUT2D eigenvalue weighted by atomic mass is 10.1. The van der Waals surface area contributed by atoms with Gasteiger partial charge < -0.3 is 10.4 Å². The zero-order chi connectivity index (χ0) is 22.5. The van der Waals surface area contributed by atoms with E-state index in [0.717, 1.165) is 17.7 Å². The number of aliphatic hydroxyl groups is 1. The number of nitrogens with zero attached hydrogens (tertiary/aromatic N) is 2. The second-order valence-corrected chi connectivity index (χ2v) is 8.80. The molecule has 1 fully saturated rings. The molecule has 0 saturated heterocycles. The lowest BCUT2D eigenvalue weighted by Gasteiger charge is -2.19. The van der Waals surface area contributed by atoms with Crippen LogP contribution in [0.5, 0.6) is 0 Å². The lowest BCUT2D eigenvalue weighted by molar-refractivity contribution is -0.122. The number of amides is 1. The largest absolute Gasteiger partial charge is 0.392 e. The molecule has 0 aliphatic heterocycles. The summed E-state index contributed by atoms with van der Waals surface area (Å²) in [6.07, 6.45) is 4.47. The molecule has 0 spiro atoms. The Morgan fingerprint density at radius 2 is 1.84 bits per heavy atom. The summed E-state index contributed by atoms with van der Waals surface area (Å²) in [5.74, 6) is 5.86. The van der Waals surface area contributed by atoms with Crippen LogP contribution in [0.2, 0.25) is 0 Å². The van der Waals surface area contributed by atoms with Gasteiger partial charge in [-0.2, -0.15) is 4.41 Å². The van der Waals surface area contributed by atoms with Gasteiger partial charge in [-0.15, -0.1) is 4.91 Å². The zero-order valence-corrected chi connectivity index (χ0v) is 18.8. The molecular formula is C23H32N4O3S. The number of aliphatic hydroxyl groups excluding tert-OH is 1. The van der Waals surface area contributed by atoms with Gasteiger partial charge in [-0.1, -0.05) is 48.7 Å². The number of rotatable bonds is 9. The second-order valence-electron chi connectivity index (χ2n) is 7.67. The zero-order valence-electron chi connectivity index (χ0n) is 17.9. The van der Waals surface area contributed by atoms with Crippen molar-refractivity contribution in [2.75, 3.05) is 6.54 Å². The van der Waals surface area contributed by atoms with Crippen molar-refractivity contribution < 1.29 is 9.90 Å². The molecule has 2 aromatic rings. The van der Waals surface area contributed by atoms with Gasteiger partial charge in [-0.3, -0.25) is 10.6 Å². The number of benzene rings is 2. The van der Waals surface area contributed by atoms with Crippen LogP contribution in [0.1, 0.15) is 44.1 Å². The van der Waals surface area contributed by atoms with E-state index in [-0.39, 0.29) is 12.5 Å². The maximum atomic E-state index is 11.8. The molecule has 0 aromatic heterocycles. The molecule has 1 aliphatic carbocycles. The minimum Gasteiger partial charge on any atom is -0.392 e. The molecule has 1 unspecified atom stereocenters. The van der Waals surface area contributed by atoms with Crippen molar-refractivity contribution in [3.05, 3.63) is 65.1 Å². The standard InChI is InChI=1S/C16H24N4O3S.C7H8/c17-20(24-15-8-5-13(19-23)6-9-15)11-14(21)7-10-16(22)18-12-3-1-2-4-12;1-7-5-3-2-4-6-7/h5-6,8-9,12,14,21H,1-4,7,10-11,17H2,(H,18,22);2-6H,1H3. The first-order valence-electron chi connectivity index (χ1n) is 10.6. The van der Waals surface area contributed by atoms with Crippen LogP contribution in [0.15, 0.2) is 64.7 Å². The SMILES string of the molecule is Cc1ccccc1.NN(CC(O)CCC(=O)NC1CCCC1)Sc1ccc(N=O)cc1. The Morgan fingerprint density at radius 3 is 2.39 bits per heavy atom. The number of carbonyl (C=O) groups excluding carboxylic acids is 1. The highest BCUT2D eigenvalue weighted by Crippen LogP contribution is 2.23. The summed E-state index contributed by atoms with van der Waals surface area (Å²) in [5.41, 5.74) is 1.68. The highest BCUT2D eigenvalue weighted by Gasteiger charge is 2.18. The minimum absolute atomic E-state index is 0.00544. The Hall–Kier alpha value is -2.26. The van der Waals surface area contributed by atoms with Gasteiger partial charge in [0, 0.05) is 17.4 Å². The maximum absolute atomic E-state index is 11.8. The Labute approximate surface area is 188 Å². The van der Waals surface area contributed by atoms with Crippen LogP contribution in [0.3, 0.4) is 0 Å². The van der Waals surface area contributed by atoms with Crippen molar-refractivity contribution >= 4 is 23.5 Å². The summed E-state index contributed by atoms with van der Waals surface area (Å²) in [7, 11) is 0. The lowest BCUT2D eigenvalue weighted by Crippen LogP contribution is -2.35. The van der Waals surface area contributed by atoms with Crippen molar-refractivity contribution in [3.8, 4) is 0 Å². The average Bonchev–Trinajstić information content (AvgIpc) is 3.27. The number of nitroso groups, excluding NO2 is 1. The van der Waals surface area contributed by atoms with E-state index in [1.807, 2.05) is 18.2 Å².